The van der Waals surface area contributed by atoms with Crippen molar-refractivity contribution in [3.63, 3.8) is 0 Å². The molecule has 0 radical (unpaired) electrons. The Labute approximate surface area is 169 Å². The van der Waals surface area contributed by atoms with Gasteiger partial charge in [0.15, 0.2) is 0 Å². The monoisotopic (exact) mass is 399 g/mol. The van der Waals surface area contributed by atoms with Gasteiger partial charge in [0.25, 0.3) is 0 Å². The molecule has 8 nitrogen and oxygen atoms in total. The van der Waals surface area contributed by atoms with Gasteiger partial charge in [0, 0.05) is 27.2 Å². The SMILES string of the molecule is Cn1c(=O)c(=O)n(C)c2cc(N3CCCC3)c(NC(=O)CN3CCCCC3)cc21. The molecular formula is C21H29N5O3. The summed E-state index contributed by atoms with van der Waals surface area (Å²) in [5, 5.41) is 3.08. The van der Waals surface area contributed by atoms with Gasteiger partial charge in [-0.2, -0.15) is 0 Å². The lowest BCUT2D eigenvalue weighted by Crippen LogP contribution is -2.39. The van der Waals surface area contributed by atoms with Crippen LogP contribution in [0.15, 0.2) is 21.7 Å². The van der Waals surface area contributed by atoms with Gasteiger partial charge in [-0.15, -0.1) is 0 Å². The van der Waals surface area contributed by atoms with Gasteiger partial charge in [0.05, 0.1) is 29.0 Å². The highest BCUT2D eigenvalue weighted by Crippen LogP contribution is 2.32. The zero-order valence-corrected chi connectivity index (χ0v) is 17.2. The molecule has 2 aliphatic rings. The van der Waals surface area contributed by atoms with Crippen LogP contribution >= 0.6 is 0 Å². The first-order chi connectivity index (χ1) is 14.0. The number of aromatic nitrogens is 2. The molecule has 1 N–H and O–H groups in total. The number of benzene rings is 1. The first-order valence-corrected chi connectivity index (χ1v) is 10.5. The Kier molecular flexibility index (Phi) is 5.45. The third kappa shape index (κ3) is 3.81. The van der Waals surface area contributed by atoms with Gasteiger partial charge in [-0.1, -0.05) is 6.42 Å². The van der Waals surface area contributed by atoms with Crippen LogP contribution < -0.4 is 21.3 Å². The van der Waals surface area contributed by atoms with Crippen LogP contribution in [-0.2, 0) is 18.9 Å². The summed E-state index contributed by atoms with van der Waals surface area (Å²) < 4.78 is 2.77. The fourth-order valence-corrected chi connectivity index (χ4v) is 4.44. The Bertz CT molecular complexity index is 1040. The molecule has 0 saturated carbocycles. The summed E-state index contributed by atoms with van der Waals surface area (Å²) in [7, 11) is 3.22. The topological polar surface area (TPSA) is 79.6 Å². The molecule has 0 unspecified atom stereocenters. The van der Waals surface area contributed by atoms with Crippen molar-refractivity contribution in [1.82, 2.24) is 14.0 Å². The highest BCUT2D eigenvalue weighted by atomic mass is 16.2. The fraction of sp³-hybridized carbons (Fsp3) is 0.571. The van der Waals surface area contributed by atoms with Crippen LogP contribution in [0.4, 0.5) is 11.4 Å². The average Bonchev–Trinajstić information content (AvgIpc) is 3.25. The lowest BCUT2D eigenvalue weighted by molar-refractivity contribution is -0.117. The van der Waals surface area contributed by atoms with Crippen molar-refractivity contribution in [2.45, 2.75) is 32.1 Å². The highest BCUT2D eigenvalue weighted by Gasteiger charge is 2.21. The smallest absolute Gasteiger partial charge is 0.316 e. The van der Waals surface area contributed by atoms with E-state index in [4.69, 9.17) is 0 Å². The second-order valence-corrected chi connectivity index (χ2v) is 8.17. The maximum atomic E-state index is 12.8. The number of rotatable bonds is 4. The number of carbonyl (C=O) groups excluding carboxylic acids is 1. The van der Waals surface area contributed by atoms with Crippen molar-refractivity contribution in [3.05, 3.63) is 32.8 Å². The quantitative estimate of drug-likeness (QED) is 0.783. The number of piperidine rings is 1. The molecule has 0 bridgehead atoms. The summed E-state index contributed by atoms with van der Waals surface area (Å²) in [6.45, 7) is 4.13. The minimum Gasteiger partial charge on any atom is -0.370 e. The lowest BCUT2D eigenvalue weighted by Gasteiger charge is -2.27. The fourth-order valence-electron chi connectivity index (χ4n) is 4.44. The van der Waals surface area contributed by atoms with E-state index in [0.717, 1.165) is 57.5 Å². The molecule has 29 heavy (non-hydrogen) atoms. The molecule has 4 rings (SSSR count). The number of carbonyl (C=O) groups is 1. The number of fused-ring (bicyclic) bond motifs is 1. The molecular weight excluding hydrogens is 370 g/mol. The van der Waals surface area contributed by atoms with E-state index in [0.29, 0.717) is 23.3 Å². The second-order valence-electron chi connectivity index (χ2n) is 8.17. The van der Waals surface area contributed by atoms with E-state index in [1.54, 1.807) is 14.1 Å². The number of amides is 1. The van der Waals surface area contributed by atoms with Crippen molar-refractivity contribution in [2.75, 3.05) is 42.9 Å². The van der Waals surface area contributed by atoms with E-state index in [-0.39, 0.29) is 5.91 Å². The van der Waals surface area contributed by atoms with Crippen LogP contribution in [0.5, 0.6) is 0 Å². The molecule has 0 aliphatic carbocycles. The molecule has 2 aliphatic heterocycles. The van der Waals surface area contributed by atoms with Gasteiger partial charge >= 0.3 is 11.1 Å². The standard InChI is InChI=1S/C21H29N5O3/c1-23-17-12-15(22-19(27)14-25-8-4-3-5-9-25)16(26-10-6-7-11-26)13-18(17)24(2)21(29)20(23)28/h12-13H,3-11,14H2,1-2H3,(H,22,27). The molecule has 3 heterocycles. The number of aryl methyl sites for hydroxylation is 2. The van der Waals surface area contributed by atoms with Crippen LogP contribution in [0.3, 0.4) is 0 Å². The molecule has 156 valence electrons. The van der Waals surface area contributed by atoms with Crippen LogP contribution in [-0.4, -0.2) is 52.7 Å². The van der Waals surface area contributed by atoms with Crippen LogP contribution in [0.2, 0.25) is 0 Å². The zero-order valence-electron chi connectivity index (χ0n) is 17.2. The highest BCUT2D eigenvalue weighted by molar-refractivity contribution is 5.99. The molecule has 0 atom stereocenters. The van der Waals surface area contributed by atoms with Gasteiger partial charge in [-0.05, 0) is 50.9 Å². The number of likely N-dealkylation sites (tertiary alicyclic amines) is 1. The molecule has 8 heteroatoms. The third-order valence-corrected chi connectivity index (χ3v) is 6.14. The van der Waals surface area contributed by atoms with Gasteiger partial charge in [-0.25, -0.2) is 0 Å². The number of anilines is 2. The number of nitrogens with zero attached hydrogens (tertiary/aromatic N) is 4. The average molecular weight is 399 g/mol. The minimum absolute atomic E-state index is 0.0403. The van der Waals surface area contributed by atoms with E-state index >= 15 is 0 Å². The summed E-state index contributed by atoms with van der Waals surface area (Å²) >= 11 is 0. The Hall–Kier alpha value is -2.61. The zero-order chi connectivity index (χ0) is 20.5. The predicted molar refractivity (Wildman–Crippen MR) is 115 cm³/mol. The minimum atomic E-state index is -0.570. The number of hydrogen-bond donors (Lipinski definition) is 1. The van der Waals surface area contributed by atoms with Crippen molar-refractivity contribution in [1.29, 1.82) is 0 Å². The van der Waals surface area contributed by atoms with E-state index < -0.39 is 11.1 Å². The van der Waals surface area contributed by atoms with Crippen LogP contribution in [0, 0.1) is 0 Å². The Balaban J connectivity index is 1.74. The van der Waals surface area contributed by atoms with E-state index in [9.17, 15) is 14.4 Å². The van der Waals surface area contributed by atoms with Crippen molar-refractivity contribution in [3.8, 4) is 0 Å². The van der Waals surface area contributed by atoms with E-state index in [1.807, 2.05) is 12.1 Å². The molecule has 1 aromatic heterocycles. The van der Waals surface area contributed by atoms with E-state index in [1.165, 1.54) is 15.6 Å². The first kappa shape index (κ1) is 19.7. The van der Waals surface area contributed by atoms with Gasteiger partial charge in [0.2, 0.25) is 5.91 Å². The molecule has 0 spiro atoms. The third-order valence-electron chi connectivity index (χ3n) is 6.14. The summed E-state index contributed by atoms with van der Waals surface area (Å²) in [5.74, 6) is -0.0403. The first-order valence-electron chi connectivity index (χ1n) is 10.5. The summed E-state index contributed by atoms with van der Waals surface area (Å²) in [6.07, 6.45) is 5.71. The van der Waals surface area contributed by atoms with Gasteiger partial charge in [0.1, 0.15) is 0 Å². The van der Waals surface area contributed by atoms with E-state index in [2.05, 4.69) is 15.1 Å². The summed E-state index contributed by atoms with van der Waals surface area (Å²) in [6, 6.07) is 3.76. The Morgan fingerprint density at radius 3 is 2.03 bits per heavy atom. The summed E-state index contributed by atoms with van der Waals surface area (Å²) in [4.78, 5) is 41.7. The molecule has 2 aromatic rings. The van der Waals surface area contributed by atoms with Crippen molar-refractivity contribution in [2.24, 2.45) is 14.1 Å². The van der Waals surface area contributed by atoms with Crippen LogP contribution in [0.25, 0.3) is 11.0 Å². The lowest BCUT2D eigenvalue weighted by atomic mass is 10.1. The Morgan fingerprint density at radius 1 is 0.862 bits per heavy atom. The van der Waals surface area contributed by atoms with Gasteiger partial charge in [-0.3, -0.25) is 19.3 Å². The Morgan fingerprint density at radius 2 is 1.41 bits per heavy atom. The molecule has 2 saturated heterocycles. The normalized spacial score (nSPS) is 17.8. The summed E-state index contributed by atoms with van der Waals surface area (Å²) in [5.41, 5.74) is 1.82. The molecule has 1 amide bonds. The van der Waals surface area contributed by atoms with Crippen molar-refractivity contribution >= 4 is 28.3 Å². The predicted octanol–water partition coefficient (Wildman–Crippen LogP) is 1.26. The number of nitrogens with one attached hydrogen (secondary N) is 1. The maximum Gasteiger partial charge on any atom is 0.316 e. The van der Waals surface area contributed by atoms with Gasteiger partial charge < -0.3 is 19.4 Å². The molecule has 1 aromatic carbocycles. The second kappa shape index (κ2) is 8.02. The van der Waals surface area contributed by atoms with Crippen LogP contribution in [0.1, 0.15) is 32.1 Å². The number of hydrogen-bond acceptors (Lipinski definition) is 5. The van der Waals surface area contributed by atoms with Crippen molar-refractivity contribution < 1.29 is 4.79 Å². The largest absolute Gasteiger partial charge is 0.370 e. The molecule has 2 fully saturated rings. The maximum absolute atomic E-state index is 12.8.